The average Bonchev–Trinajstić information content (AvgIpc) is 2.98. The Morgan fingerprint density at radius 2 is 1.68 bits per heavy atom. The molecule has 5 heteroatoms. The molecule has 0 spiro atoms. The molecule has 0 radical (unpaired) electrons. The molecule has 1 aliphatic rings. The van der Waals surface area contributed by atoms with Crippen molar-refractivity contribution in [2.24, 2.45) is 10.2 Å². The second-order valence-electron chi connectivity index (χ2n) is 9.27. The van der Waals surface area contributed by atoms with Crippen LogP contribution in [0, 0.1) is 0 Å². The Morgan fingerprint density at radius 1 is 0.921 bits per heavy atom. The van der Waals surface area contributed by atoms with Crippen LogP contribution in [0.15, 0.2) is 126 Å². The highest BCUT2D eigenvalue weighted by Crippen LogP contribution is 2.45. The summed E-state index contributed by atoms with van der Waals surface area (Å²) in [5.74, 6) is -0.158. The standard InChI is InChI=1S/C33H31N3O2/c1-2-32(37)34-23-10-11-24-38-31-22-21-26-14-7-9-19-29(26)33(31,27-16-4-3-5-17-27)36-35-30-20-12-15-25-13-6-8-18-28(25)30/h2-9,12-22,31H,1,10-11,23-24H2,(H,34,37). The Hall–Kier alpha value is -4.35. The van der Waals surface area contributed by atoms with Crippen LogP contribution >= 0.6 is 0 Å². The number of amides is 1. The van der Waals surface area contributed by atoms with E-state index in [0.29, 0.717) is 13.2 Å². The molecule has 1 N–H and O–H groups in total. The molecule has 0 fully saturated rings. The molecule has 0 aromatic heterocycles. The minimum atomic E-state index is -0.861. The van der Waals surface area contributed by atoms with Crippen molar-refractivity contribution in [3.8, 4) is 0 Å². The summed E-state index contributed by atoms with van der Waals surface area (Å²) in [5.41, 5.74) is 3.13. The average molecular weight is 502 g/mol. The zero-order chi connectivity index (χ0) is 26.2. The fraction of sp³-hybridized carbons (Fsp3) is 0.182. The molecule has 5 rings (SSSR count). The summed E-state index contributed by atoms with van der Waals surface area (Å²) in [6.45, 7) is 4.61. The predicted molar refractivity (Wildman–Crippen MR) is 153 cm³/mol. The van der Waals surface area contributed by atoms with Crippen molar-refractivity contribution in [3.63, 3.8) is 0 Å². The number of ether oxygens (including phenoxy) is 1. The number of azo groups is 1. The van der Waals surface area contributed by atoms with Crippen molar-refractivity contribution in [2.45, 2.75) is 24.5 Å². The summed E-state index contributed by atoms with van der Waals surface area (Å²) in [4.78, 5) is 11.4. The van der Waals surface area contributed by atoms with Crippen molar-refractivity contribution in [2.75, 3.05) is 13.2 Å². The summed E-state index contributed by atoms with van der Waals surface area (Å²) in [6.07, 6.45) is 6.74. The van der Waals surface area contributed by atoms with E-state index in [1.54, 1.807) is 0 Å². The monoisotopic (exact) mass is 501 g/mol. The molecule has 0 saturated carbocycles. The lowest BCUT2D eigenvalue weighted by Gasteiger charge is -2.39. The van der Waals surface area contributed by atoms with Crippen LogP contribution in [0.1, 0.15) is 29.5 Å². The van der Waals surface area contributed by atoms with Gasteiger partial charge in [-0.15, -0.1) is 0 Å². The number of hydrogen-bond acceptors (Lipinski definition) is 4. The summed E-state index contributed by atoms with van der Waals surface area (Å²) in [6, 6.07) is 32.9. The first-order chi connectivity index (χ1) is 18.7. The Bertz CT molecular complexity index is 1470. The highest BCUT2D eigenvalue weighted by Gasteiger charge is 2.45. The second-order valence-corrected chi connectivity index (χ2v) is 9.27. The summed E-state index contributed by atoms with van der Waals surface area (Å²) in [7, 11) is 0. The molecular weight excluding hydrogens is 470 g/mol. The van der Waals surface area contributed by atoms with Crippen LogP contribution in [-0.2, 0) is 15.1 Å². The molecule has 0 aliphatic heterocycles. The zero-order valence-corrected chi connectivity index (χ0v) is 21.3. The number of fused-ring (bicyclic) bond motifs is 2. The van der Waals surface area contributed by atoms with Crippen molar-refractivity contribution >= 4 is 28.4 Å². The van der Waals surface area contributed by atoms with Crippen LogP contribution in [0.3, 0.4) is 0 Å². The fourth-order valence-corrected chi connectivity index (χ4v) is 4.98. The van der Waals surface area contributed by atoms with E-state index in [0.717, 1.165) is 46.0 Å². The van der Waals surface area contributed by atoms with Gasteiger partial charge >= 0.3 is 0 Å². The summed E-state index contributed by atoms with van der Waals surface area (Å²) >= 11 is 0. The van der Waals surface area contributed by atoms with E-state index in [4.69, 9.17) is 15.0 Å². The largest absolute Gasteiger partial charge is 0.371 e. The van der Waals surface area contributed by atoms with Gasteiger partial charge < -0.3 is 10.1 Å². The first-order valence-electron chi connectivity index (χ1n) is 13.0. The van der Waals surface area contributed by atoms with Gasteiger partial charge in [0.2, 0.25) is 5.91 Å². The third-order valence-corrected chi connectivity index (χ3v) is 6.88. The molecule has 1 amide bonds. The Balaban J connectivity index is 1.52. The maximum Gasteiger partial charge on any atom is 0.243 e. The van der Waals surface area contributed by atoms with Crippen LogP contribution in [0.4, 0.5) is 5.69 Å². The molecule has 2 atom stereocenters. The van der Waals surface area contributed by atoms with E-state index in [2.05, 4.69) is 66.5 Å². The first kappa shape index (κ1) is 25.3. The maximum atomic E-state index is 11.4. The van der Waals surface area contributed by atoms with Gasteiger partial charge in [-0.3, -0.25) is 4.79 Å². The normalized spacial score (nSPS) is 18.4. The number of nitrogens with one attached hydrogen (secondary N) is 1. The molecule has 5 nitrogen and oxygen atoms in total. The lowest BCUT2D eigenvalue weighted by atomic mass is 9.74. The maximum absolute atomic E-state index is 11.4. The van der Waals surface area contributed by atoms with Gasteiger partial charge in [0.1, 0.15) is 6.10 Å². The first-order valence-corrected chi connectivity index (χ1v) is 13.0. The van der Waals surface area contributed by atoms with Gasteiger partial charge in [-0.1, -0.05) is 110 Å². The molecule has 4 aromatic carbocycles. The van der Waals surface area contributed by atoms with Gasteiger partial charge in [-0.05, 0) is 47.1 Å². The van der Waals surface area contributed by atoms with Crippen LogP contribution in [0.5, 0.6) is 0 Å². The van der Waals surface area contributed by atoms with Crippen LogP contribution in [0.25, 0.3) is 16.8 Å². The van der Waals surface area contributed by atoms with E-state index in [1.165, 1.54) is 6.08 Å². The fourth-order valence-electron chi connectivity index (χ4n) is 4.98. The van der Waals surface area contributed by atoms with Crippen molar-refractivity contribution in [3.05, 3.63) is 132 Å². The highest BCUT2D eigenvalue weighted by atomic mass is 16.5. The quantitative estimate of drug-likeness (QED) is 0.140. The molecule has 190 valence electrons. The molecule has 1 aliphatic carbocycles. The van der Waals surface area contributed by atoms with E-state index in [9.17, 15) is 4.79 Å². The van der Waals surface area contributed by atoms with E-state index in [-0.39, 0.29) is 12.0 Å². The lowest BCUT2D eigenvalue weighted by Crippen LogP contribution is -2.42. The van der Waals surface area contributed by atoms with Gasteiger partial charge in [0, 0.05) is 18.5 Å². The van der Waals surface area contributed by atoms with Gasteiger partial charge in [0.05, 0.1) is 5.69 Å². The lowest BCUT2D eigenvalue weighted by molar-refractivity contribution is -0.116. The van der Waals surface area contributed by atoms with Crippen LogP contribution in [0.2, 0.25) is 0 Å². The SMILES string of the molecule is C=CC(=O)NCCCCOC1C=Cc2ccccc2C1(N=Nc1cccc2ccccc12)c1ccccc1. The number of carbonyl (C=O) groups excluding carboxylic acids is 1. The van der Waals surface area contributed by atoms with Crippen molar-refractivity contribution in [1.29, 1.82) is 0 Å². The van der Waals surface area contributed by atoms with Crippen molar-refractivity contribution < 1.29 is 9.53 Å². The highest BCUT2D eigenvalue weighted by molar-refractivity contribution is 5.92. The van der Waals surface area contributed by atoms with Gasteiger partial charge in [0.25, 0.3) is 0 Å². The number of benzene rings is 4. The molecule has 2 unspecified atom stereocenters. The second kappa shape index (κ2) is 11.8. The molecular formula is C33H31N3O2. The third kappa shape index (κ3) is 5.20. The van der Waals surface area contributed by atoms with Crippen molar-refractivity contribution in [1.82, 2.24) is 5.32 Å². The Morgan fingerprint density at radius 3 is 2.55 bits per heavy atom. The van der Waals surface area contributed by atoms with Gasteiger partial charge in [-0.25, -0.2) is 0 Å². The molecule has 38 heavy (non-hydrogen) atoms. The van der Waals surface area contributed by atoms with E-state index >= 15 is 0 Å². The van der Waals surface area contributed by atoms with Gasteiger partial charge in [0.15, 0.2) is 5.54 Å². The number of hydrogen-bond donors (Lipinski definition) is 1. The Labute approximate surface area is 223 Å². The molecule has 0 saturated heterocycles. The Kier molecular flexibility index (Phi) is 7.86. The minimum absolute atomic E-state index is 0.158. The number of nitrogens with zero attached hydrogens (tertiary/aromatic N) is 2. The number of rotatable bonds is 10. The molecule has 4 aromatic rings. The number of unbranched alkanes of at least 4 members (excludes halogenated alkanes) is 1. The third-order valence-electron chi connectivity index (χ3n) is 6.88. The van der Waals surface area contributed by atoms with Gasteiger partial charge in [-0.2, -0.15) is 10.2 Å². The molecule has 0 heterocycles. The zero-order valence-electron chi connectivity index (χ0n) is 21.3. The minimum Gasteiger partial charge on any atom is -0.371 e. The van der Waals surface area contributed by atoms with Crippen LogP contribution in [-0.4, -0.2) is 25.2 Å². The summed E-state index contributed by atoms with van der Waals surface area (Å²) in [5, 5.41) is 15.1. The topological polar surface area (TPSA) is 63.0 Å². The summed E-state index contributed by atoms with van der Waals surface area (Å²) < 4.78 is 6.55. The number of carbonyl (C=O) groups is 1. The molecule has 0 bridgehead atoms. The smallest absolute Gasteiger partial charge is 0.243 e. The van der Waals surface area contributed by atoms with Crippen LogP contribution < -0.4 is 5.32 Å². The van der Waals surface area contributed by atoms with E-state index in [1.807, 2.05) is 54.6 Å². The predicted octanol–water partition coefficient (Wildman–Crippen LogP) is 7.36. The van der Waals surface area contributed by atoms with E-state index < -0.39 is 5.54 Å².